The van der Waals surface area contributed by atoms with Gasteiger partial charge in [0.2, 0.25) is 0 Å². The van der Waals surface area contributed by atoms with Gasteiger partial charge < -0.3 is 0 Å². The van der Waals surface area contributed by atoms with Crippen LogP contribution < -0.4 is 0 Å². The lowest BCUT2D eigenvalue weighted by molar-refractivity contribution is 0.635. The van der Waals surface area contributed by atoms with Gasteiger partial charge >= 0.3 is 0 Å². The van der Waals surface area contributed by atoms with E-state index >= 15 is 0 Å². The normalized spacial score (nSPS) is 11.1. The van der Waals surface area contributed by atoms with Gasteiger partial charge in [-0.2, -0.15) is 0 Å². The first kappa shape index (κ1) is 12.4. The number of hydrogen-bond donors (Lipinski definition) is 0. The summed E-state index contributed by atoms with van der Waals surface area (Å²) in [5.41, 5.74) is 0.167. The molecule has 1 aromatic heterocycles. The van der Waals surface area contributed by atoms with Crippen molar-refractivity contribution in [1.82, 2.24) is 9.97 Å². The Morgan fingerprint density at radius 2 is 2.06 bits per heavy atom. The van der Waals surface area contributed by atoms with Crippen LogP contribution in [-0.2, 0) is 0 Å². The van der Waals surface area contributed by atoms with Crippen LogP contribution in [0.1, 0.15) is 0 Å². The fourth-order valence-electron chi connectivity index (χ4n) is 1.24. The molecule has 16 heavy (non-hydrogen) atoms. The molecule has 0 saturated carbocycles. The highest BCUT2D eigenvalue weighted by Crippen LogP contribution is 2.36. The largest absolute Gasteiger partial charge is 0.219 e. The zero-order chi connectivity index (χ0) is 11.9. The van der Waals surface area contributed by atoms with E-state index in [4.69, 9.17) is 23.2 Å². The van der Waals surface area contributed by atoms with E-state index in [1.165, 1.54) is 17.8 Å². The Morgan fingerprint density at radius 3 is 2.69 bits per heavy atom. The van der Waals surface area contributed by atoms with E-state index < -0.39 is 5.82 Å². The first-order chi connectivity index (χ1) is 7.54. The quantitative estimate of drug-likeness (QED) is 0.329. The number of rotatable bonds is 1. The standard InChI is InChI=1S/C9H4BrCl2FN2S/c1-16-9-14-7-4(13)2-3(11)6(10)5(7)8(12)15-9/h2H,1H3. The second-order valence-corrected chi connectivity index (χ2v) is 5.21. The molecule has 2 aromatic rings. The van der Waals surface area contributed by atoms with Crippen LogP contribution in [0.2, 0.25) is 10.2 Å². The molecule has 0 amide bonds. The van der Waals surface area contributed by atoms with Crippen molar-refractivity contribution in [3.8, 4) is 0 Å². The third-order valence-electron chi connectivity index (χ3n) is 1.94. The molecule has 0 N–H and O–H groups in total. The summed E-state index contributed by atoms with van der Waals surface area (Å²) >= 11 is 16.3. The first-order valence-corrected chi connectivity index (χ1v) is 6.86. The fraction of sp³-hybridized carbons (Fsp3) is 0.111. The average Bonchev–Trinajstić information content (AvgIpc) is 2.25. The van der Waals surface area contributed by atoms with Gasteiger partial charge in [-0.05, 0) is 28.3 Å². The van der Waals surface area contributed by atoms with Gasteiger partial charge in [0, 0.05) is 4.47 Å². The third-order valence-corrected chi connectivity index (χ3v) is 4.11. The zero-order valence-electron chi connectivity index (χ0n) is 7.89. The van der Waals surface area contributed by atoms with E-state index in [9.17, 15) is 4.39 Å². The molecule has 7 heteroatoms. The molecule has 1 heterocycles. The smallest absolute Gasteiger partial charge is 0.189 e. The maximum Gasteiger partial charge on any atom is 0.189 e. The maximum atomic E-state index is 13.7. The molecule has 0 aliphatic rings. The van der Waals surface area contributed by atoms with Crippen molar-refractivity contribution in [1.29, 1.82) is 0 Å². The highest BCUT2D eigenvalue weighted by molar-refractivity contribution is 9.10. The van der Waals surface area contributed by atoms with E-state index in [0.717, 1.165) is 0 Å². The molecule has 1 aromatic carbocycles. The minimum Gasteiger partial charge on any atom is -0.219 e. The Morgan fingerprint density at radius 1 is 1.38 bits per heavy atom. The molecule has 0 aliphatic heterocycles. The Labute approximate surface area is 114 Å². The first-order valence-electron chi connectivity index (χ1n) is 4.09. The van der Waals surface area contributed by atoms with Crippen molar-refractivity contribution < 1.29 is 4.39 Å². The van der Waals surface area contributed by atoms with E-state index in [1.807, 2.05) is 0 Å². The van der Waals surface area contributed by atoms with Crippen molar-refractivity contribution >= 4 is 61.8 Å². The van der Waals surface area contributed by atoms with Gasteiger partial charge in [0.25, 0.3) is 0 Å². The molecule has 0 bridgehead atoms. The molecule has 0 spiro atoms. The van der Waals surface area contributed by atoms with Crippen LogP contribution in [0, 0.1) is 5.82 Å². The minimum absolute atomic E-state index is 0.167. The molecule has 2 nitrogen and oxygen atoms in total. The van der Waals surface area contributed by atoms with Crippen LogP contribution in [0.25, 0.3) is 10.9 Å². The molecule has 0 radical (unpaired) electrons. The summed E-state index contributed by atoms with van der Waals surface area (Å²) in [6.07, 6.45) is 1.79. The van der Waals surface area contributed by atoms with Gasteiger partial charge in [0.05, 0.1) is 10.4 Å². The van der Waals surface area contributed by atoms with Gasteiger partial charge in [-0.3, -0.25) is 0 Å². The summed E-state index contributed by atoms with van der Waals surface area (Å²) in [5, 5.41) is 1.24. The SMILES string of the molecule is CSc1nc(Cl)c2c(Br)c(Cl)cc(F)c2n1. The Bertz CT molecular complexity index is 579. The monoisotopic (exact) mass is 340 g/mol. The van der Waals surface area contributed by atoms with Crippen LogP contribution in [0.5, 0.6) is 0 Å². The summed E-state index contributed by atoms with van der Waals surface area (Å²) in [5.74, 6) is -0.511. The Balaban J connectivity index is 2.94. The summed E-state index contributed by atoms with van der Waals surface area (Å²) in [6, 6.07) is 1.20. The molecule has 0 aliphatic carbocycles. The number of benzene rings is 1. The van der Waals surface area contributed by atoms with E-state index in [1.54, 1.807) is 6.26 Å². The number of fused-ring (bicyclic) bond motifs is 1. The summed E-state index contributed by atoms with van der Waals surface area (Å²) in [4.78, 5) is 8.08. The fourth-order valence-corrected chi connectivity index (χ4v) is 2.71. The second-order valence-electron chi connectivity index (χ2n) is 2.88. The van der Waals surface area contributed by atoms with Crippen LogP contribution in [0.4, 0.5) is 4.39 Å². The number of hydrogen-bond acceptors (Lipinski definition) is 3. The van der Waals surface area contributed by atoms with Crippen molar-refractivity contribution in [2.45, 2.75) is 5.16 Å². The number of aromatic nitrogens is 2. The van der Waals surface area contributed by atoms with Gasteiger partial charge in [0.1, 0.15) is 10.7 Å². The molecule has 0 saturated heterocycles. The topological polar surface area (TPSA) is 25.8 Å². The van der Waals surface area contributed by atoms with Crippen molar-refractivity contribution in [2.75, 3.05) is 6.26 Å². The second kappa shape index (κ2) is 4.64. The van der Waals surface area contributed by atoms with Crippen molar-refractivity contribution in [3.05, 3.63) is 26.5 Å². The molecule has 0 unspecified atom stereocenters. The van der Waals surface area contributed by atoms with Crippen LogP contribution in [0.15, 0.2) is 15.7 Å². The number of halogens is 4. The summed E-state index contributed by atoms with van der Waals surface area (Å²) < 4.78 is 14.2. The van der Waals surface area contributed by atoms with Gasteiger partial charge in [-0.1, -0.05) is 35.0 Å². The molecule has 0 fully saturated rings. The van der Waals surface area contributed by atoms with Crippen molar-refractivity contribution in [3.63, 3.8) is 0 Å². The van der Waals surface area contributed by atoms with Crippen LogP contribution >= 0.6 is 50.9 Å². The highest BCUT2D eigenvalue weighted by Gasteiger charge is 2.15. The van der Waals surface area contributed by atoms with Crippen LogP contribution in [-0.4, -0.2) is 16.2 Å². The average molecular weight is 342 g/mol. The zero-order valence-corrected chi connectivity index (χ0v) is 11.8. The lowest BCUT2D eigenvalue weighted by Gasteiger charge is -2.06. The van der Waals surface area contributed by atoms with Gasteiger partial charge in [-0.15, -0.1) is 0 Å². The lowest BCUT2D eigenvalue weighted by Crippen LogP contribution is -1.93. The predicted molar refractivity (Wildman–Crippen MR) is 69.0 cm³/mol. The highest BCUT2D eigenvalue weighted by atomic mass is 79.9. The molecular formula is C9H4BrCl2FN2S. The lowest BCUT2D eigenvalue weighted by atomic mass is 10.2. The third kappa shape index (κ3) is 2.01. The Hall–Kier alpha value is -0.100. The van der Waals surface area contributed by atoms with E-state index in [2.05, 4.69) is 25.9 Å². The number of thioether (sulfide) groups is 1. The summed E-state index contributed by atoms with van der Waals surface area (Å²) in [7, 11) is 0. The summed E-state index contributed by atoms with van der Waals surface area (Å²) in [6.45, 7) is 0. The van der Waals surface area contributed by atoms with Crippen molar-refractivity contribution in [2.24, 2.45) is 0 Å². The maximum absolute atomic E-state index is 13.7. The number of nitrogens with zero attached hydrogens (tertiary/aromatic N) is 2. The van der Waals surface area contributed by atoms with Crippen LogP contribution in [0.3, 0.4) is 0 Å². The predicted octanol–water partition coefficient (Wildman–Crippen LogP) is 4.56. The minimum atomic E-state index is -0.511. The Kier molecular flexibility index (Phi) is 3.59. The molecular weight excluding hydrogens is 338 g/mol. The van der Waals surface area contributed by atoms with E-state index in [0.29, 0.717) is 15.0 Å². The van der Waals surface area contributed by atoms with E-state index in [-0.39, 0.29) is 15.7 Å². The van der Waals surface area contributed by atoms with Gasteiger partial charge in [0.15, 0.2) is 11.0 Å². The van der Waals surface area contributed by atoms with Gasteiger partial charge in [-0.25, -0.2) is 14.4 Å². The molecule has 2 rings (SSSR count). The molecule has 84 valence electrons. The molecule has 0 atom stereocenters.